The molecular formula is C22H28N4O3S. The lowest BCUT2D eigenvalue weighted by atomic mass is 10.1. The van der Waals surface area contributed by atoms with Gasteiger partial charge in [0.2, 0.25) is 5.91 Å². The van der Waals surface area contributed by atoms with E-state index in [0.717, 1.165) is 37.6 Å². The van der Waals surface area contributed by atoms with E-state index < -0.39 is 9.84 Å². The maximum atomic E-state index is 13.2. The summed E-state index contributed by atoms with van der Waals surface area (Å²) in [7, 11) is -3.06. The van der Waals surface area contributed by atoms with Gasteiger partial charge in [-0.05, 0) is 24.1 Å². The number of benzene rings is 1. The van der Waals surface area contributed by atoms with Crippen molar-refractivity contribution in [3.63, 3.8) is 0 Å². The number of piperazine rings is 1. The minimum absolute atomic E-state index is 0.00670. The fraction of sp³-hybridized carbons (Fsp3) is 0.455. The summed E-state index contributed by atoms with van der Waals surface area (Å²) in [5.74, 6) is 1.20. The molecule has 0 saturated carbocycles. The molecule has 4 rings (SSSR count). The van der Waals surface area contributed by atoms with Crippen LogP contribution in [-0.2, 0) is 21.2 Å². The predicted octanol–water partition coefficient (Wildman–Crippen LogP) is 1.42. The quantitative estimate of drug-likeness (QED) is 0.693. The first-order chi connectivity index (χ1) is 14.5. The first kappa shape index (κ1) is 20.8. The summed E-state index contributed by atoms with van der Waals surface area (Å²) in [5.41, 5.74) is 1.02. The molecular weight excluding hydrogens is 400 g/mol. The normalized spacial score (nSPS) is 21.5. The highest BCUT2D eigenvalue weighted by Crippen LogP contribution is 2.21. The Kier molecular flexibility index (Phi) is 6.34. The average molecular weight is 429 g/mol. The Labute approximate surface area is 178 Å². The Bertz CT molecular complexity index is 945. The van der Waals surface area contributed by atoms with Crippen molar-refractivity contribution in [1.29, 1.82) is 0 Å². The van der Waals surface area contributed by atoms with Gasteiger partial charge in [0, 0.05) is 45.0 Å². The number of amides is 1. The molecule has 1 aromatic carbocycles. The summed E-state index contributed by atoms with van der Waals surface area (Å²) in [4.78, 5) is 23.8. The van der Waals surface area contributed by atoms with E-state index in [9.17, 15) is 13.2 Å². The van der Waals surface area contributed by atoms with Crippen molar-refractivity contribution < 1.29 is 13.2 Å². The van der Waals surface area contributed by atoms with Crippen molar-refractivity contribution in [2.75, 3.05) is 49.1 Å². The molecule has 160 valence electrons. The van der Waals surface area contributed by atoms with Gasteiger partial charge in [0.1, 0.15) is 5.82 Å². The molecule has 1 amide bonds. The van der Waals surface area contributed by atoms with E-state index in [4.69, 9.17) is 0 Å². The number of sulfone groups is 1. The van der Waals surface area contributed by atoms with Crippen LogP contribution in [0.2, 0.25) is 0 Å². The second kappa shape index (κ2) is 9.14. The number of nitrogens with zero attached hydrogens (tertiary/aromatic N) is 4. The molecule has 1 atom stereocenters. The van der Waals surface area contributed by atoms with Crippen LogP contribution in [0.15, 0.2) is 54.7 Å². The maximum Gasteiger partial charge on any atom is 0.237 e. The van der Waals surface area contributed by atoms with Crippen LogP contribution in [0.25, 0.3) is 0 Å². The lowest BCUT2D eigenvalue weighted by Gasteiger charge is -2.37. The first-order valence-corrected chi connectivity index (χ1v) is 12.2. The molecule has 2 fully saturated rings. The molecule has 2 aromatic rings. The molecule has 3 heterocycles. The Morgan fingerprint density at radius 2 is 1.77 bits per heavy atom. The number of hydrogen-bond acceptors (Lipinski definition) is 6. The molecule has 1 unspecified atom stereocenters. The molecule has 0 spiro atoms. The van der Waals surface area contributed by atoms with Gasteiger partial charge in [-0.25, -0.2) is 13.4 Å². The number of hydrogen-bond donors (Lipinski definition) is 0. The summed E-state index contributed by atoms with van der Waals surface area (Å²) >= 11 is 0. The molecule has 0 bridgehead atoms. The minimum atomic E-state index is -3.06. The van der Waals surface area contributed by atoms with E-state index in [0.29, 0.717) is 19.5 Å². The molecule has 2 aliphatic heterocycles. The number of pyridine rings is 1. The number of rotatable bonds is 6. The monoisotopic (exact) mass is 428 g/mol. The zero-order chi connectivity index (χ0) is 21.0. The van der Waals surface area contributed by atoms with E-state index in [2.05, 4.69) is 14.8 Å². The van der Waals surface area contributed by atoms with Crippen molar-refractivity contribution in [2.24, 2.45) is 0 Å². The highest BCUT2D eigenvalue weighted by Gasteiger charge is 2.35. The van der Waals surface area contributed by atoms with Crippen LogP contribution in [0, 0.1) is 0 Å². The summed E-state index contributed by atoms with van der Waals surface area (Å²) in [6.45, 7) is 3.98. The zero-order valence-corrected chi connectivity index (χ0v) is 17.9. The molecule has 7 nitrogen and oxygen atoms in total. The Balaban J connectivity index is 1.39. The van der Waals surface area contributed by atoms with Gasteiger partial charge in [0.25, 0.3) is 0 Å². The Hall–Kier alpha value is -2.45. The smallest absolute Gasteiger partial charge is 0.237 e. The van der Waals surface area contributed by atoms with E-state index in [1.807, 2.05) is 48.5 Å². The summed E-state index contributed by atoms with van der Waals surface area (Å²) in [5, 5.41) is 0. The number of carbonyl (C=O) groups is 1. The van der Waals surface area contributed by atoms with Crippen LogP contribution in [0.4, 0.5) is 5.82 Å². The van der Waals surface area contributed by atoms with Crippen molar-refractivity contribution in [2.45, 2.75) is 19.0 Å². The molecule has 1 aromatic heterocycles. The third-order valence-corrected chi connectivity index (χ3v) is 7.62. The molecule has 0 N–H and O–H groups in total. The summed E-state index contributed by atoms with van der Waals surface area (Å²) in [6.07, 6.45) is 2.32. The van der Waals surface area contributed by atoms with Gasteiger partial charge in [-0.1, -0.05) is 36.4 Å². The fourth-order valence-corrected chi connectivity index (χ4v) is 5.91. The number of aromatic nitrogens is 1. The molecule has 2 saturated heterocycles. The van der Waals surface area contributed by atoms with Gasteiger partial charge in [0.15, 0.2) is 9.84 Å². The standard InChI is InChI=1S/C22H28N4O3S/c27-22(17-24-11-13-25(14-12-24)21-8-4-5-10-23-21)26(16-19-6-2-1-3-7-19)20-9-15-30(28,29)18-20/h1-8,10,20H,9,11-18H2. The van der Waals surface area contributed by atoms with Crippen molar-refractivity contribution in [3.05, 3.63) is 60.3 Å². The molecule has 8 heteroatoms. The van der Waals surface area contributed by atoms with Gasteiger partial charge in [-0.3, -0.25) is 9.69 Å². The second-order valence-electron chi connectivity index (χ2n) is 8.02. The van der Waals surface area contributed by atoms with Gasteiger partial charge < -0.3 is 9.80 Å². The second-order valence-corrected chi connectivity index (χ2v) is 10.2. The molecule has 30 heavy (non-hydrogen) atoms. The summed E-state index contributed by atoms with van der Waals surface area (Å²) in [6, 6.07) is 15.4. The molecule has 0 radical (unpaired) electrons. The predicted molar refractivity (Wildman–Crippen MR) is 117 cm³/mol. The minimum Gasteiger partial charge on any atom is -0.354 e. The van der Waals surface area contributed by atoms with E-state index in [-0.39, 0.29) is 23.5 Å². The molecule has 2 aliphatic rings. The highest BCUT2D eigenvalue weighted by atomic mass is 32.2. The lowest BCUT2D eigenvalue weighted by molar-refractivity contribution is -0.135. The van der Waals surface area contributed by atoms with Gasteiger partial charge in [-0.15, -0.1) is 0 Å². The topological polar surface area (TPSA) is 73.8 Å². The van der Waals surface area contributed by atoms with Crippen molar-refractivity contribution >= 4 is 21.6 Å². The zero-order valence-electron chi connectivity index (χ0n) is 17.1. The van der Waals surface area contributed by atoms with E-state index >= 15 is 0 Å². The van der Waals surface area contributed by atoms with Crippen molar-refractivity contribution in [3.8, 4) is 0 Å². The molecule has 0 aliphatic carbocycles. The third-order valence-electron chi connectivity index (χ3n) is 5.87. The SMILES string of the molecule is O=C(CN1CCN(c2ccccn2)CC1)N(Cc1ccccc1)C1CCS(=O)(=O)C1. The fourth-order valence-electron chi connectivity index (χ4n) is 4.18. The van der Waals surface area contributed by atoms with Crippen LogP contribution in [0.5, 0.6) is 0 Å². The van der Waals surface area contributed by atoms with E-state index in [1.54, 1.807) is 11.1 Å². The Morgan fingerprint density at radius 1 is 1.03 bits per heavy atom. The summed E-state index contributed by atoms with van der Waals surface area (Å²) < 4.78 is 24.0. The highest BCUT2D eigenvalue weighted by molar-refractivity contribution is 7.91. The van der Waals surface area contributed by atoms with Crippen LogP contribution in [0.1, 0.15) is 12.0 Å². The van der Waals surface area contributed by atoms with Crippen LogP contribution >= 0.6 is 0 Å². The van der Waals surface area contributed by atoms with Gasteiger partial charge >= 0.3 is 0 Å². The number of carbonyl (C=O) groups excluding carboxylic acids is 1. The number of anilines is 1. The third kappa shape index (κ3) is 5.17. The average Bonchev–Trinajstić information content (AvgIpc) is 3.13. The van der Waals surface area contributed by atoms with Crippen molar-refractivity contribution in [1.82, 2.24) is 14.8 Å². The Morgan fingerprint density at radius 3 is 2.40 bits per heavy atom. The van der Waals surface area contributed by atoms with E-state index in [1.165, 1.54) is 0 Å². The lowest BCUT2D eigenvalue weighted by Crippen LogP contribution is -2.51. The van der Waals surface area contributed by atoms with Gasteiger partial charge in [0.05, 0.1) is 18.1 Å². The maximum absolute atomic E-state index is 13.2. The largest absolute Gasteiger partial charge is 0.354 e. The van der Waals surface area contributed by atoms with Crippen LogP contribution in [-0.4, -0.2) is 79.4 Å². The van der Waals surface area contributed by atoms with Gasteiger partial charge in [-0.2, -0.15) is 0 Å². The first-order valence-electron chi connectivity index (χ1n) is 10.4. The van der Waals surface area contributed by atoms with Crippen LogP contribution in [0.3, 0.4) is 0 Å². The van der Waals surface area contributed by atoms with Crippen LogP contribution < -0.4 is 4.90 Å².